The number of pyridine rings is 2. The molecule has 1 aliphatic heterocycles. The Morgan fingerprint density at radius 2 is 1.88 bits per heavy atom. The van der Waals surface area contributed by atoms with Crippen LogP contribution in [0.3, 0.4) is 0 Å². The predicted molar refractivity (Wildman–Crippen MR) is 95.1 cm³/mol. The van der Waals surface area contributed by atoms with Gasteiger partial charge in [0, 0.05) is 23.8 Å². The van der Waals surface area contributed by atoms with Crippen molar-refractivity contribution in [2.45, 2.75) is 25.4 Å². The van der Waals surface area contributed by atoms with Crippen molar-refractivity contribution in [2.75, 3.05) is 23.7 Å². The van der Waals surface area contributed by atoms with E-state index in [1.165, 1.54) is 18.3 Å². The van der Waals surface area contributed by atoms with E-state index in [0.717, 1.165) is 25.3 Å². The first-order chi connectivity index (χ1) is 12.3. The highest BCUT2D eigenvalue weighted by molar-refractivity contribution is 9.10. The standard InChI is InChI=1S/C17H16BrF3N4O/c18-10-8-11(16(22)23-9-10)15(26)14-12(17(19,20)21)4-5-13(24-14)25-6-2-1-3-7-25/h4-5,8-9H,1-3,6-7H2,(H2,22,23). The minimum absolute atomic E-state index is 0.117. The number of aromatic nitrogens is 2. The minimum Gasteiger partial charge on any atom is -0.383 e. The fourth-order valence-corrected chi connectivity index (χ4v) is 3.24. The number of alkyl halides is 3. The van der Waals surface area contributed by atoms with Gasteiger partial charge < -0.3 is 10.6 Å². The number of ketones is 1. The first-order valence-electron chi connectivity index (χ1n) is 8.06. The third-order valence-electron chi connectivity index (χ3n) is 4.21. The normalized spacial score (nSPS) is 15.2. The van der Waals surface area contributed by atoms with Crippen LogP contribution in [0.1, 0.15) is 40.9 Å². The van der Waals surface area contributed by atoms with Crippen LogP contribution in [0, 0.1) is 0 Å². The Morgan fingerprint density at radius 3 is 2.54 bits per heavy atom. The molecule has 2 aromatic rings. The van der Waals surface area contributed by atoms with Gasteiger partial charge in [0.15, 0.2) is 0 Å². The molecule has 2 aromatic heterocycles. The number of anilines is 2. The lowest BCUT2D eigenvalue weighted by molar-refractivity contribution is -0.138. The zero-order valence-corrected chi connectivity index (χ0v) is 15.3. The Kier molecular flexibility index (Phi) is 5.17. The van der Waals surface area contributed by atoms with Gasteiger partial charge in [-0.15, -0.1) is 0 Å². The number of nitrogens with two attached hydrogens (primary N) is 1. The molecule has 0 atom stereocenters. The second-order valence-corrected chi connectivity index (χ2v) is 6.94. The van der Waals surface area contributed by atoms with E-state index in [9.17, 15) is 18.0 Å². The molecule has 0 aromatic carbocycles. The largest absolute Gasteiger partial charge is 0.418 e. The van der Waals surface area contributed by atoms with E-state index in [0.29, 0.717) is 23.4 Å². The van der Waals surface area contributed by atoms with Gasteiger partial charge in [-0.25, -0.2) is 9.97 Å². The number of hydrogen-bond acceptors (Lipinski definition) is 5. The number of carbonyl (C=O) groups excluding carboxylic acids is 1. The fourth-order valence-electron chi connectivity index (χ4n) is 2.91. The highest BCUT2D eigenvalue weighted by atomic mass is 79.9. The lowest BCUT2D eigenvalue weighted by atomic mass is 10.0. The maximum absolute atomic E-state index is 13.4. The van der Waals surface area contributed by atoms with Crippen LogP contribution < -0.4 is 10.6 Å². The van der Waals surface area contributed by atoms with Gasteiger partial charge in [-0.3, -0.25) is 4.79 Å². The molecule has 0 unspecified atom stereocenters. The SMILES string of the molecule is Nc1ncc(Br)cc1C(=O)c1nc(N2CCCCC2)ccc1C(F)(F)F. The monoisotopic (exact) mass is 428 g/mol. The van der Waals surface area contributed by atoms with Crippen molar-refractivity contribution in [1.82, 2.24) is 9.97 Å². The summed E-state index contributed by atoms with van der Waals surface area (Å²) in [5.74, 6) is -0.679. The van der Waals surface area contributed by atoms with Crippen molar-refractivity contribution in [2.24, 2.45) is 0 Å². The zero-order chi connectivity index (χ0) is 18.9. The van der Waals surface area contributed by atoms with Gasteiger partial charge >= 0.3 is 6.18 Å². The Balaban J connectivity index is 2.09. The number of nitrogens with zero attached hydrogens (tertiary/aromatic N) is 3. The first-order valence-corrected chi connectivity index (χ1v) is 8.85. The summed E-state index contributed by atoms with van der Waals surface area (Å²) in [6.45, 7) is 1.40. The number of halogens is 4. The Morgan fingerprint density at radius 1 is 1.19 bits per heavy atom. The van der Waals surface area contributed by atoms with E-state index < -0.39 is 23.2 Å². The molecule has 1 aliphatic rings. The molecule has 0 saturated carbocycles. The smallest absolute Gasteiger partial charge is 0.383 e. The highest BCUT2D eigenvalue weighted by Crippen LogP contribution is 2.34. The lowest BCUT2D eigenvalue weighted by Crippen LogP contribution is -2.31. The van der Waals surface area contributed by atoms with E-state index in [-0.39, 0.29) is 11.4 Å². The molecule has 9 heteroatoms. The molecule has 0 spiro atoms. The molecule has 0 radical (unpaired) electrons. The molecule has 0 bridgehead atoms. The average molecular weight is 429 g/mol. The Hall–Kier alpha value is -2.16. The molecular formula is C17H16BrF3N4O. The summed E-state index contributed by atoms with van der Waals surface area (Å²) in [5, 5.41) is 0. The summed E-state index contributed by atoms with van der Waals surface area (Å²) in [4.78, 5) is 22.6. The molecule has 26 heavy (non-hydrogen) atoms. The maximum Gasteiger partial charge on any atom is 0.418 e. The molecule has 1 fully saturated rings. The maximum atomic E-state index is 13.4. The Bertz CT molecular complexity index is 835. The van der Waals surface area contributed by atoms with Crippen LogP contribution in [0.5, 0.6) is 0 Å². The summed E-state index contributed by atoms with van der Waals surface area (Å²) in [6.07, 6.45) is -0.382. The van der Waals surface area contributed by atoms with Gasteiger partial charge in [0.25, 0.3) is 0 Å². The van der Waals surface area contributed by atoms with E-state index in [1.54, 1.807) is 0 Å². The van der Waals surface area contributed by atoms with Crippen molar-refractivity contribution in [3.05, 3.63) is 45.7 Å². The number of piperidine rings is 1. The van der Waals surface area contributed by atoms with Crippen LogP contribution in [-0.4, -0.2) is 28.8 Å². The van der Waals surface area contributed by atoms with Gasteiger partial charge in [-0.2, -0.15) is 13.2 Å². The molecule has 3 rings (SSSR count). The quantitative estimate of drug-likeness (QED) is 0.746. The van der Waals surface area contributed by atoms with Crippen LogP contribution >= 0.6 is 15.9 Å². The van der Waals surface area contributed by atoms with Crippen molar-refractivity contribution >= 4 is 33.3 Å². The minimum atomic E-state index is -4.70. The molecule has 138 valence electrons. The molecule has 0 amide bonds. The van der Waals surface area contributed by atoms with Gasteiger partial charge in [0.1, 0.15) is 17.3 Å². The van der Waals surface area contributed by atoms with Gasteiger partial charge in [-0.1, -0.05) is 0 Å². The highest BCUT2D eigenvalue weighted by Gasteiger charge is 2.37. The van der Waals surface area contributed by atoms with Crippen LogP contribution in [0.25, 0.3) is 0 Å². The number of rotatable bonds is 3. The Labute approximate surface area is 156 Å². The van der Waals surface area contributed by atoms with Crippen LogP contribution in [-0.2, 0) is 6.18 Å². The second-order valence-electron chi connectivity index (χ2n) is 6.03. The van der Waals surface area contributed by atoms with E-state index in [1.807, 2.05) is 4.90 Å². The molecule has 5 nitrogen and oxygen atoms in total. The number of carbonyl (C=O) groups is 1. The van der Waals surface area contributed by atoms with Crippen molar-refractivity contribution in [1.29, 1.82) is 0 Å². The van der Waals surface area contributed by atoms with E-state index >= 15 is 0 Å². The third-order valence-corrected chi connectivity index (χ3v) is 4.64. The number of hydrogen-bond donors (Lipinski definition) is 1. The zero-order valence-electron chi connectivity index (χ0n) is 13.7. The predicted octanol–water partition coefficient (Wildman–Crippen LogP) is 4.06. The van der Waals surface area contributed by atoms with Gasteiger partial charge in [-0.05, 0) is 53.4 Å². The van der Waals surface area contributed by atoms with Crippen LogP contribution in [0.15, 0.2) is 28.9 Å². The van der Waals surface area contributed by atoms with Gasteiger partial charge in [0.05, 0.1) is 11.1 Å². The molecule has 3 heterocycles. The molecule has 0 aliphatic carbocycles. The summed E-state index contributed by atoms with van der Waals surface area (Å²) >= 11 is 3.15. The van der Waals surface area contributed by atoms with E-state index in [2.05, 4.69) is 25.9 Å². The fraction of sp³-hybridized carbons (Fsp3) is 0.353. The summed E-state index contributed by atoms with van der Waals surface area (Å²) in [6, 6.07) is 3.57. The first kappa shape index (κ1) is 18.6. The summed E-state index contributed by atoms with van der Waals surface area (Å²) in [7, 11) is 0. The third kappa shape index (κ3) is 3.82. The second kappa shape index (κ2) is 7.22. The topological polar surface area (TPSA) is 72.1 Å². The van der Waals surface area contributed by atoms with Crippen LogP contribution in [0.4, 0.5) is 24.8 Å². The lowest BCUT2D eigenvalue weighted by Gasteiger charge is -2.28. The van der Waals surface area contributed by atoms with Crippen molar-refractivity contribution in [3.8, 4) is 0 Å². The van der Waals surface area contributed by atoms with Crippen molar-refractivity contribution in [3.63, 3.8) is 0 Å². The van der Waals surface area contributed by atoms with Gasteiger partial charge in [0.2, 0.25) is 5.78 Å². The average Bonchev–Trinajstić information content (AvgIpc) is 2.62. The van der Waals surface area contributed by atoms with Crippen molar-refractivity contribution < 1.29 is 18.0 Å². The number of nitrogen functional groups attached to an aromatic ring is 1. The molecular weight excluding hydrogens is 413 g/mol. The molecule has 1 saturated heterocycles. The summed E-state index contributed by atoms with van der Waals surface area (Å²) in [5.41, 5.74) is 3.84. The summed E-state index contributed by atoms with van der Waals surface area (Å²) < 4.78 is 40.7. The van der Waals surface area contributed by atoms with Crippen LogP contribution in [0.2, 0.25) is 0 Å². The molecule has 2 N–H and O–H groups in total. The van der Waals surface area contributed by atoms with E-state index in [4.69, 9.17) is 5.73 Å².